The molecule has 0 aliphatic heterocycles. The summed E-state index contributed by atoms with van der Waals surface area (Å²) in [6.45, 7) is 1.48. The molecule has 0 saturated heterocycles. The van der Waals surface area contributed by atoms with Gasteiger partial charge in [0.1, 0.15) is 0 Å². The number of hydrogen-bond donors (Lipinski definition) is 1. The smallest absolute Gasteiger partial charge is 0.238 e. The van der Waals surface area contributed by atoms with Crippen molar-refractivity contribution in [3.05, 3.63) is 29.8 Å². The van der Waals surface area contributed by atoms with Crippen LogP contribution < -0.4 is 5.14 Å². The van der Waals surface area contributed by atoms with Crippen LogP contribution in [0.15, 0.2) is 29.2 Å². The maximum atomic E-state index is 11.6. The molecule has 6 heteroatoms. The zero-order valence-corrected chi connectivity index (χ0v) is 9.55. The van der Waals surface area contributed by atoms with Gasteiger partial charge in [0.2, 0.25) is 10.0 Å². The minimum atomic E-state index is -3.89. The van der Waals surface area contributed by atoms with Gasteiger partial charge in [0, 0.05) is 5.56 Å². The van der Waals surface area contributed by atoms with Crippen molar-refractivity contribution < 1.29 is 13.2 Å². The van der Waals surface area contributed by atoms with Crippen LogP contribution in [0.2, 0.25) is 0 Å². The van der Waals surface area contributed by atoms with Crippen LogP contribution in [-0.2, 0) is 10.0 Å². The number of nitrogens with two attached hydrogens (primary N) is 1. The minimum Gasteiger partial charge on any atom is -0.292 e. The summed E-state index contributed by atoms with van der Waals surface area (Å²) in [5.74, 6) is -0.457. The highest BCUT2D eigenvalue weighted by molar-refractivity contribution is 7.89. The highest BCUT2D eigenvalue weighted by Gasteiger charge is 2.21. The lowest BCUT2D eigenvalue weighted by Crippen LogP contribution is -2.19. The molecule has 1 aromatic rings. The van der Waals surface area contributed by atoms with Gasteiger partial charge in [-0.1, -0.05) is 12.1 Å². The van der Waals surface area contributed by atoms with Crippen LogP contribution in [-0.4, -0.2) is 19.6 Å². The van der Waals surface area contributed by atoms with Gasteiger partial charge < -0.3 is 0 Å². The van der Waals surface area contributed by atoms with Crippen LogP contribution in [0, 0.1) is 0 Å². The maximum Gasteiger partial charge on any atom is 0.238 e. The average molecular weight is 248 g/mol. The third-order valence-electron chi connectivity index (χ3n) is 1.82. The van der Waals surface area contributed by atoms with Crippen molar-refractivity contribution in [2.24, 2.45) is 5.14 Å². The lowest BCUT2D eigenvalue weighted by atomic mass is 10.1. The minimum absolute atomic E-state index is 0.0301. The zero-order chi connectivity index (χ0) is 11.6. The van der Waals surface area contributed by atoms with Crippen LogP contribution in [0.4, 0.5) is 0 Å². The number of primary sulfonamides is 1. The van der Waals surface area contributed by atoms with E-state index in [-0.39, 0.29) is 10.5 Å². The van der Waals surface area contributed by atoms with E-state index in [2.05, 4.69) is 0 Å². The number of carbonyl (C=O) groups is 1. The molecule has 0 aliphatic rings. The van der Waals surface area contributed by atoms with Gasteiger partial charge in [-0.05, 0) is 19.1 Å². The van der Waals surface area contributed by atoms with Crippen LogP contribution in [0.3, 0.4) is 0 Å². The van der Waals surface area contributed by atoms with Crippen molar-refractivity contribution in [2.75, 3.05) is 0 Å². The number of sulfonamides is 1. The van der Waals surface area contributed by atoms with E-state index in [9.17, 15) is 13.2 Å². The van der Waals surface area contributed by atoms with Crippen LogP contribution in [0.5, 0.6) is 0 Å². The molecule has 1 atom stereocenters. The van der Waals surface area contributed by atoms with Gasteiger partial charge in [-0.2, -0.15) is 0 Å². The predicted molar refractivity (Wildman–Crippen MR) is 57.5 cm³/mol. The fourth-order valence-corrected chi connectivity index (χ4v) is 1.99. The summed E-state index contributed by atoms with van der Waals surface area (Å²) >= 11 is 5.60. The molecule has 82 valence electrons. The molecule has 0 radical (unpaired) electrons. The first kappa shape index (κ1) is 12.2. The second-order valence-corrected chi connectivity index (χ2v) is 5.21. The molecule has 2 N–H and O–H groups in total. The maximum absolute atomic E-state index is 11.6. The number of hydrogen-bond acceptors (Lipinski definition) is 3. The summed E-state index contributed by atoms with van der Waals surface area (Å²) in [4.78, 5) is 11.4. The Hall–Kier alpha value is -0.910. The van der Waals surface area contributed by atoms with Crippen molar-refractivity contribution in [2.45, 2.75) is 17.2 Å². The molecular weight excluding hydrogens is 238 g/mol. The van der Waals surface area contributed by atoms with Gasteiger partial charge in [0.05, 0.1) is 10.3 Å². The monoisotopic (exact) mass is 247 g/mol. The van der Waals surface area contributed by atoms with E-state index >= 15 is 0 Å². The Morgan fingerprint density at radius 2 is 1.93 bits per heavy atom. The molecule has 0 aliphatic carbocycles. The summed E-state index contributed by atoms with van der Waals surface area (Å²) < 4.78 is 22.3. The molecule has 0 bridgehead atoms. The third-order valence-corrected chi connectivity index (χ3v) is 2.99. The van der Waals surface area contributed by atoms with E-state index in [1.54, 1.807) is 6.07 Å². The Kier molecular flexibility index (Phi) is 3.49. The summed E-state index contributed by atoms with van der Waals surface area (Å²) in [5.41, 5.74) is 0.0301. The van der Waals surface area contributed by atoms with E-state index in [0.717, 1.165) is 0 Å². The standard InChI is InChI=1S/C9H10ClNO3S/c1-6(10)9(12)7-4-2-3-5-8(7)15(11,13)14/h2-6H,1H3,(H2,11,13,14). The summed E-state index contributed by atoms with van der Waals surface area (Å²) in [7, 11) is -3.89. The van der Waals surface area contributed by atoms with E-state index in [4.69, 9.17) is 16.7 Å². The highest BCUT2D eigenvalue weighted by Crippen LogP contribution is 2.17. The van der Waals surface area contributed by atoms with Gasteiger partial charge in [0.15, 0.2) is 5.78 Å². The molecule has 0 aromatic heterocycles. The quantitative estimate of drug-likeness (QED) is 0.643. The fourth-order valence-electron chi connectivity index (χ4n) is 1.13. The first-order chi connectivity index (χ1) is 6.84. The van der Waals surface area contributed by atoms with E-state index in [1.165, 1.54) is 25.1 Å². The van der Waals surface area contributed by atoms with Crippen molar-refractivity contribution in [3.8, 4) is 0 Å². The molecule has 0 fully saturated rings. The Balaban J connectivity index is 3.38. The summed E-state index contributed by atoms with van der Waals surface area (Å²) in [6, 6.07) is 5.72. The Morgan fingerprint density at radius 3 is 2.40 bits per heavy atom. The third kappa shape index (κ3) is 2.77. The summed E-state index contributed by atoms with van der Waals surface area (Å²) in [6.07, 6.45) is 0. The second kappa shape index (κ2) is 4.30. The van der Waals surface area contributed by atoms with Gasteiger partial charge in [-0.15, -0.1) is 11.6 Å². The topological polar surface area (TPSA) is 77.2 Å². The Morgan fingerprint density at radius 1 is 1.40 bits per heavy atom. The Bertz CT molecular complexity index is 482. The van der Waals surface area contributed by atoms with E-state index in [0.29, 0.717) is 0 Å². The molecule has 0 saturated carbocycles. The number of Topliss-reactive ketones (excluding diaryl/α,β-unsaturated/α-hetero) is 1. The number of alkyl halides is 1. The molecule has 1 rings (SSSR count). The van der Waals surface area contributed by atoms with E-state index < -0.39 is 21.2 Å². The zero-order valence-electron chi connectivity index (χ0n) is 7.98. The first-order valence-electron chi connectivity index (χ1n) is 4.14. The lowest BCUT2D eigenvalue weighted by Gasteiger charge is -2.07. The molecule has 15 heavy (non-hydrogen) atoms. The number of rotatable bonds is 3. The number of ketones is 1. The molecule has 0 amide bonds. The first-order valence-corrected chi connectivity index (χ1v) is 6.12. The molecule has 0 spiro atoms. The number of benzene rings is 1. The summed E-state index contributed by atoms with van der Waals surface area (Å²) in [5, 5.41) is 4.19. The van der Waals surface area contributed by atoms with Gasteiger partial charge in [0.25, 0.3) is 0 Å². The van der Waals surface area contributed by atoms with Crippen molar-refractivity contribution in [1.82, 2.24) is 0 Å². The van der Waals surface area contributed by atoms with Gasteiger partial charge in [-0.3, -0.25) is 4.79 Å². The highest BCUT2D eigenvalue weighted by atomic mass is 35.5. The van der Waals surface area contributed by atoms with Crippen molar-refractivity contribution in [3.63, 3.8) is 0 Å². The second-order valence-electron chi connectivity index (χ2n) is 3.02. The van der Waals surface area contributed by atoms with Crippen molar-refractivity contribution >= 4 is 27.4 Å². The van der Waals surface area contributed by atoms with Crippen molar-refractivity contribution in [1.29, 1.82) is 0 Å². The number of halogens is 1. The van der Waals surface area contributed by atoms with Gasteiger partial charge >= 0.3 is 0 Å². The van der Waals surface area contributed by atoms with E-state index in [1.807, 2.05) is 0 Å². The molecule has 0 heterocycles. The average Bonchev–Trinajstić information content (AvgIpc) is 2.15. The molecule has 4 nitrogen and oxygen atoms in total. The SMILES string of the molecule is CC(Cl)C(=O)c1ccccc1S(N)(=O)=O. The normalized spacial score (nSPS) is 13.5. The fraction of sp³-hybridized carbons (Fsp3) is 0.222. The van der Waals surface area contributed by atoms with Crippen LogP contribution >= 0.6 is 11.6 Å². The molecular formula is C9H10ClNO3S. The Labute approximate surface area is 93.1 Å². The molecule has 1 aromatic carbocycles. The van der Waals surface area contributed by atoms with Crippen LogP contribution in [0.1, 0.15) is 17.3 Å². The van der Waals surface area contributed by atoms with Crippen LogP contribution in [0.25, 0.3) is 0 Å². The molecule has 1 unspecified atom stereocenters. The predicted octanol–water partition coefficient (Wildman–Crippen LogP) is 1.14. The number of carbonyl (C=O) groups excluding carboxylic acids is 1. The lowest BCUT2D eigenvalue weighted by molar-refractivity contribution is 0.0988. The largest absolute Gasteiger partial charge is 0.292 e. The van der Waals surface area contributed by atoms with Gasteiger partial charge in [-0.25, -0.2) is 13.6 Å².